The molecule has 2 heterocycles. The zero-order valence-electron chi connectivity index (χ0n) is 17.7. The Morgan fingerprint density at radius 3 is 2.60 bits per heavy atom. The maximum atomic E-state index is 13.0. The van der Waals surface area contributed by atoms with Gasteiger partial charge in [-0.15, -0.1) is 0 Å². The van der Waals surface area contributed by atoms with E-state index < -0.39 is 10.8 Å². The molecule has 0 aliphatic carbocycles. The van der Waals surface area contributed by atoms with Gasteiger partial charge in [0.2, 0.25) is 5.91 Å². The van der Waals surface area contributed by atoms with E-state index in [2.05, 4.69) is 21.2 Å². The average Bonchev–Trinajstić information content (AvgIpc) is 2.68. The number of rotatable bonds is 6. The quantitative estimate of drug-likeness (QED) is 0.648. The van der Waals surface area contributed by atoms with Gasteiger partial charge in [0.1, 0.15) is 10.4 Å². The van der Waals surface area contributed by atoms with Crippen LogP contribution in [0.15, 0.2) is 24.3 Å². The van der Waals surface area contributed by atoms with E-state index in [1.54, 1.807) is 4.90 Å². The topological polar surface area (TPSA) is 55.9 Å². The molecule has 9 heteroatoms. The normalized spacial score (nSPS) is 22.3. The molecule has 0 radical (unpaired) electrons. The molecule has 1 aromatic carbocycles. The molecule has 0 aromatic heterocycles. The monoisotopic (exact) mass is 468 g/mol. The molecule has 30 heavy (non-hydrogen) atoms. The van der Waals surface area contributed by atoms with Crippen molar-refractivity contribution in [3.8, 4) is 0 Å². The van der Waals surface area contributed by atoms with E-state index in [1.165, 1.54) is 18.7 Å². The first kappa shape index (κ1) is 23.3. The van der Waals surface area contributed by atoms with E-state index in [-0.39, 0.29) is 11.8 Å². The van der Waals surface area contributed by atoms with Gasteiger partial charge in [0, 0.05) is 55.1 Å². The number of hydrogen-bond acceptors (Lipinski definition) is 6. The van der Waals surface area contributed by atoms with Crippen LogP contribution in [0.3, 0.4) is 0 Å². The third-order valence-electron chi connectivity index (χ3n) is 5.53. The zero-order valence-corrected chi connectivity index (χ0v) is 20.1. The molecule has 0 spiro atoms. The molecule has 0 bridgehead atoms. The number of thiocarbonyl (C=S) groups is 1. The van der Waals surface area contributed by atoms with Gasteiger partial charge in [-0.1, -0.05) is 41.6 Å². The Labute approximate surface area is 193 Å². The first-order chi connectivity index (χ1) is 14.2. The molecule has 2 amide bonds. The lowest BCUT2D eigenvalue weighted by Gasteiger charge is -2.42. The fourth-order valence-electron chi connectivity index (χ4n) is 3.88. The van der Waals surface area contributed by atoms with Crippen LogP contribution in [0.4, 0.5) is 5.69 Å². The van der Waals surface area contributed by atoms with Crippen LogP contribution < -0.4 is 10.2 Å². The molecule has 2 fully saturated rings. The summed E-state index contributed by atoms with van der Waals surface area (Å²) in [5, 5.41) is 3.56. The molecule has 1 N–H and O–H groups in total. The SMILES string of the molecule is CC(=O)NC1C(=O)N(CCCN2CCN(c3cccc(Cl)c3)CC2)C(=S)SC1(C)C. The second-order valence-electron chi connectivity index (χ2n) is 8.26. The fraction of sp³-hybridized carbons (Fsp3) is 0.571. The van der Waals surface area contributed by atoms with Crippen LogP contribution in [0.1, 0.15) is 27.2 Å². The van der Waals surface area contributed by atoms with Crippen LogP contribution in [0, 0.1) is 0 Å². The summed E-state index contributed by atoms with van der Waals surface area (Å²) in [4.78, 5) is 31.0. The fourth-order valence-corrected chi connectivity index (χ4v) is 5.91. The highest BCUT2D eigenvalue weighted by Crippen LogP contribution is 2.36. The second kappa shape index (κ2) is 9.85. The van der Waals surface area contributed by atoms with Gasteiger partial charge in [-0.25, -0.2) is 0 Å². The maximum Gasteiger partial charge on any atom is 0.252 e. The van der Waals surface area contributed by atoms with Crippen LogP contribution in [-0.2, 0) is 9.59 Å². The number of nitrogens with one attached hydrogen (secondary N) is 1. The number of amides is 2. The molecular weight excluding hydrogens is 440 g/mol. The van der Waals surface area contributed by atoms with E-state index in [1.807, 2.05) is 32.0 Å². The summed E-state index contributed by atoms with van der Waals surface area (Å²) in [7, 11) is 0. The lowest BCUT2D eigenvalue weighted by Crippen LogP contribution is -2.62. The summed E-state index contributed by atoms with van der Waals surface area (Å²) in [5.41, 5.74) is 1.16. The van der Waals surface area contributed by atoms with Crippen LogP contribution in [-0.4, -0.2) is 76.0 Å². The Morgan fingerprint density at radius 2 is 1.97 bits per heavy atom. The van der Waals surface area contributed by atoms with E-state index in [0.717, 1.165) is 49.9 Å². The second-order valence-corrected chi connectivity index (χ2v) is 11.0. The minimum atomic E-state index is -0.562. The molecule has 1 atom stereocenters. The van der Waals surface area contributed by atoms with Gasteiger partial charge >= 0.3 is 0 Å². The van der Waals surface area contributed by atoms with Crippen molar-refractivity contribution in [3.05, 3.63) is 29.3 Å². The van der Waals surface area contributed by atoms with Gasteiger partial charge in [0.25, 0.3) is 5.91 Å². The Morgan fingerprint density at radius 1 is 1.27 bits per heavy atom. The Kier molecular flexibility index (Phi) is 7.66. The average molecular weight is 469 g/mol. The number of nitrogens with zero attached hydrogens (tertiary/aromatic N) is 3. The van der Waals surface area contributed by atoms with Gasteiger partial charge in [0.15, 0.2) is 0 Å². The number of piperazine rings is 1. The molecule has 3 rings (SSSR count). The minimum Gasteiger partial charge on any atom is -0.369 e. The summed E-state index contributed by atoms with van der Waals surface area (Å²) in [5.74, 6) is -0.308. The van der Waals surface area contributed by atoms with Gasteiger partial charge in [-0.3, -0.25) is 19.4 Å². The Bertz CT molecular complexity index is 812. The van der Waals surface area contributed by atoms with Crippen molar-refractivity contribution in [3.63, 3.8) is 0 Å². The Hall–Kier alpha value is -1.35. The molecule has 2 aliphatic heterocycles. The van der Waals surface area contributed by atoms with Crippen molar-refractivity contribution in [2.75, 3.05) is 44.2 Å². The number of thioether (sulfide) groups is 1. The molecule has 2 saturated heterocycles. The highest BCUT2D eigenvalue weighted by molar-refractivity contribution is 8.24. The lowest BCUT2D eigenvalue weighted by atomic mass is 10.0. The van der Waals surface area contributed by atoms with Crippen molar-refractivity contribution in [2.24, 2.45) is 0 Å². The van der Waals surface area contributed by atoms with Crippen molar-refractivity contribution in [2.45, 2.75) is 38.0 Å². The molecule has 6 nitrogen and oxygen atoms in total. The summed E-state index contributed by atoms with van der Waals surface area (Å²) in [6.45, 7) is 10.7. The van der Waals surface area contributed by atoms with Gasteiger partial charge in [0.05, 0.1) is 0 Å². The smallest absolute Gasteiger partial charge is 0.252 e. The molecule has 2 aliphatic rings. The molecule has 1 aromatic rings. The maximum absolute atomic E-state index is 13.0. The van der Waals surface area contributed by atoms with Gasteiger partial charge in [-0.05, 0) is 45.0 Å². The van der Waals surface area contributed by atoms with Crippen molar-refractivity contribution >= 4 is 57.4 Å². The number of carbonyl (C=O) groups excluding carboxylic acids is 2. The van der Waals surface area contributed by atoms with E-state index in [9.17, 15) is 9.59 Å². The summed E-state index contributed by atoms with van der Waals surface area (Å²) in [6, 6.07) is 7.41. The van der Waals surface area contributed by atoms with E-state index >= 15 is 0 Å². The van der Waals surface area contributed by atoms with E-state index in [4.69, 9.17) is 23.8 Å². The number of hydrogen-bond donors (Lipinski definition) is 1. The highest BCUT2D eigenvalue weighted by Gasteiger charge is 2.45. The summed E-state index contributed by atoms with van der Waals surface area (Å²) in [6.07, 6.45) is 0.844. The van der Waals surface area contributed by atoms with Gasteiger partial charge in [-0.2, -0.15) is 0 Å². The van der Waals surface area contributed by atoms with Gasteiger partial charge < -0.3 is 10.2 Å². The first-order valence-electron chi connectivity index (χ1n) is 10.2. The van der Waals surface area contributed by atoms with Crippen LogP contribution in [0.2, 0.25) is 5.02 Å². The Balaban J connectivity index is 1.48. The molecule has 1 unspecified atom stereocenters. The zero-order chi connectivity index (χ0) is 21.9. The number of benzene rings is 1. The van der Waals surface area contributed by atoms with Crippen molar-refractivity contribution in [1.29, 1.82) is 0 Å². The minimum absolute atomic E-state index is 0.107. The third kappa shape index (κ3) is 5.66. The van der Waals surface area contributed by atoms with E-state index in [0.29, 0.717) is 10.9 Å². The third-order valence-corrected chi connectivity index (χ3v) is 7.39. The predicted octanol–water partition coefficient (Wildman–Crippen LogP) is 3.00. The van der Waals surface area contributed by atoms with Crippen LogP contribution >= 0.6 is 35.6 Å². The lowest BCUT2D eigenvalue weighted by molar-refractivity contribution is -0.133. The largest absolute Gasteiger partial charge is 0.369 e. The molecule has 164 valence electrons. The van der Waals surface area contributed by atoms with Crippen molar-refractivity contribution in [1.82, 2.24) is 15.1 Å². The first-order valence-corrected chi connectivity index (χ1v) is 11.8. The highest BCUT2D eigenvalue weighted by atomic mass is 35.5. The molecule has 0 saturated carbocycles. The van der Waals surface area contributed by atoms with Crippen LogP contribution in [0.5, 0.6) is 0 Å². The predicted molar refractivity (Wildman–Crippen MR) is 128 cm³/mol. The number of carbonyl (C=O) groups is 2. The van der Waals surface area contributed by atoms with Crippen molar-refractivity contribution < 1.29 is 9.59 Å². The summed E-state index contributed by atoms with van der Waals surface area (Å²) >= 11 is 13.1. The standard InChI is InChI=1S/C21H29ClN4O2S2/c1-15(27)23-18-19(28)26(20(29)30-21(18,2)3)9-5-8-24-10-12-25(13-11-24)17-7-4-6-16(22)14-17/h4,6-7,14,18H,5,8-13H2,1-3H3,(H,23,27). The summed E-state index contributed by atoms with van der Waals surface area (Å²) < 4.78 is 0.143. The van der Waals surface area contributed by atoms with Crippen LogP contribution in [0.25, 0.3) is 0 Å². The molecular formula is C21H29ClN4O2S2. The number of anilines is 1. The number of halogens is 1.